The molecular formula is C56H34N2. The molecule has 0 unspecified atom stereocenters. The molecule has 2 nitrogen and oxygen atoms in total. The van der Waals surface area contributed by atoms with Crippen molar-refractivity contribution in [2.24, 2.45) is 0 Å². The van der Waals surface area contributed by atoms with E-state index in [1.165, 1.54) is 115 Å². The number of hydrogen-bond acceptors (Lipinski definition) is 0. The molecule has 0 radical (unpaired) electrons. The van der Waals surface area contributed by atoms with Gasteiger partial charge in [0, 0.05) is 32.6 Å². The average Bonchev–Trinajstić information content (AvgIpc) is 3.92. The summed E-state index contributed by atoms with van der Waals surface area (Å²) in [7, 11) is 0. The minimum atomic E-state index is 1.16. The van der Waals surface area contributed by atoms with Crippen molar-refractivity contribution in [2.75, 3.05) is 0 Å². The van der Waals surface area contributed by atoms with Crippen LogP contribution < -0.4 is 0 Å². The van der Waals surface area contributed by atoms with E-state index in [1.54, 1.807) is 0 Å². The van der Waals surface area contributed by atoms with E-state index < -0.39 is 0 Å². The van der Waals surface area contributed by atoms with Crippen LogP contribution in [0, 0.1) is 0 Å². The van der Waals surface area contributed by atoms with Gasteiger partial charge in [0.15, 0.2) is 0 Å². The van der Waals surface area contributed by atoms with E-state index in [9.17, 15) is 0 Å². The lowest BCUT2D eigenvalue weighted by atomic mass is 9.93. The molecule has 0 spiro atoms. The first-order valence-corrected chi connectivity index (χ1v) is 20.1. The summed E-state index contributed by atoms with van der Waals surface area (Å²) in [6.45, 7) is 0. The van der Waals surface area contributed by atoms with Crippen LogP contribution in [0.15, 0.2) is 206 Å². The molecule has 1 aliphatic rings. The van der Waals surface area contributed by atoms with Crippen molar-refractivity contribution >= 4 is 65.2 Å². The molecular weight excluding hydrogens is 701 g/mol. The maximum Gasteiger partial charge on any atom is 0.0541 e. The molecule has 0 saturated carbocycles. The maximum absolute atomic E-state index is 2.44. The Labute approximate surface area is 335 Å². The second-order valence-corrected chi connectivity index (χ2v) is 15.7. The molecule has 0 saturated heterocycles. The number of para-hydroxylation sites is 2. The van der Waals surface area contributed by atoms with Crippen LogP contribution >= 0.6 is 0 Å². The smallest absolute Gasteiger partial charge is 0.0541 e. The lowest BCUT2D eigenvalue weighted by molar-refractivity contribution is 1.18. The third-order valence-electron chi connectivity index (χ3n) is 12.7. The molecule has 0 atom stereocenters. The summed E-state index contributed by atoms with van der Waals surface area (Å²) < 4.78 is 4.86. The summed E-state index contributed by atoms with van der Waals surface area (Å²) in [6.07, 6.45) is 0. The Morgan fingerprint density at radius 1 is 0.259 bits per heavy atom. The summed E-state index contributed by atoms with van der Waals surface area (Å²) >= 11 is 0. The number of fused-ring (bicyclic) bond motifs is 10. The fourth-order valence-electron chi connectivity index (χ4n) is 10.1. The number of benzene rings is 10. The van der Waals surface area contributed by atoms with Crippen LogP contribution in [0.3, 0.4) is 0 Å². The zero-order valence-electron chi connectivity index (χ0n) is 31.5. The summed E-state index contributed by atoms with van der Waals surface area (Å²) in [6, 6.07) is 76.3. The molecule has 0 N–H and O–H groups in total. The van der Waals surface area contributed by atoms with Gasteiger partial charge in [0.2, 0.25) is 0 Å². The van der Waals surface area contributed by atoms with E-state index in [4.69, 9.17) is 0 Å². The second kappa shape index (κ2) is 11.9. The molecule has 0 fully saturated rings. The van der Waals surface area contributed by atoms with E-state index in [0.717, 1.165) is 5.69 Å². The zero-order valence-corrected chi connectivity index (χ0v) is 31.5. The molecule has 2 aromatic heterocycles. The summed E-state index contributed by atoms with van der Waals surface area (Å²) in [5.41, 5.74) is 17.4. The van der Waals surface area contributed by atoms with Crippen LogP contribution in [0.1, 0.15) is 0 Å². The van der Waals surface area contributed by atoms with Crippen LogP contribution in [-0.2, 0) is 0 Å². The Morgan fingerprint density at radius 2 is 0.759 bits per heavy atom. The van der Waals surface area contributed by atoms with Crippen molar-refractivity contribution in [3.63, 3.8) is 0 Å². The van der Waals surface area contributed by atoms with Gasteiger partial charge >= 0.3 is 0 Å². The Bertz CT molecular complexity index is 3640. The average molecular weight is 735 g/mol. The quantitative estimate of drug-likeness (QED) is 0.170. The lowest BCUT2D eigenvalue weighted by Gasteiger charge is -2.12. The number of nitrogens with zero attached hydrogens (tertiary/aromatic N) is 2. The van der Waals surface area contributed by atoms with Gasteiger partial charge in [-0.15, -0.1) is 0 Å². The fraction of sp³-hybridized carbons (Fsp3) is 0. The molecule has 12 aromatic rings. The van der Waals surface area contributed by atoms with Crippen LogP contribution in [0.4, 0.5) is 0 Å². The number of aromatic nitrogens is 2. The van der Waals surface area contributed by atoms with Crippen molar-refractivity contribution in [2.45, 2.75) is 0 Å². The summed E-state index contributed by atoms with van der Waals surface area (Å²) in [5, 5.41) is 10.2. The largest absolute Gasteiger partial charge is 0.309 e. The van der Waals surface area contributed by atoms with Crippen LogP contribution in [-0.4, -0.2) is 9.13 Å². The number of rotatable bonds is 4. The van der Waals surface area contributed by atoms with E-state index in [-0.39, 0.29) is 0 Å². The van der Waals surface area contributed by atoms with E-state index in [2.05, 4.69) is 215 Å². The minimum absolute atomic E-state index is 1.16. The van der Waals surface area contributed by atoms with Crippen molar-refractivity contribution in [1.82, 2.24) is 9.13 Å². The molecule has 1 aliphatic carbocycles. The first kappa shape index (κ1) is 31.5. The van der Waals surface area contributed by atoms with Crippen molar-refractivity contribution in [1.29, 1.82) is 0 Å². The lowest BCUT2D eigenvalue weighted by Crippen LogP contribution is -1.95. The predicted octanol–water partition coefficient (Wildman–Crippen LogP) is 15.2. The molecule has 58 heavy (non-hydrogen) atoms. The zero-order chi connectivity index (χ0) is 37.9. The van der Waals surface area contributed by atoms with Crippen LogP contribution in [0.5, 0.6) is 0 Å². The normalized spacial score (nSPS) is 12.1. The van der Waals surface area contributed by atoms with Gasteiger partial charge in [-0.25, -0.2) is 0 Å². The van der Waals surface area contributed by atoms with Gasteiger partial charge in [-0.1, -0.05) is 146 Å². The highest BCUT2D eigenvalue weighted by molar-refractivity contribution is 6.20. The third kappa shape index (κ3) is 4.37. The summed E-state index contributed by atoms with van der Waals surface area (Å²) in [4.78, 5) is 0. The van der Waals surface area contributed by atoms with Gasteiger partial charge in [0.25, 0.3) is 0 Å². The predicted molar refractivity (Wildman–Crippen MR) is 245 cm³/mol. The molecule has 0 bridgehead atoms. The number of hydrogen-bond donors (Lipinski definition) is 0. The van der Waals surface area contributed by atoms with Gasteiger partial charge in [-0.2, -0.15) is 0 Å². The Morgan fingerprint density at radius 3 is 1.53 bits per heavy atom. The maximum atomic E-state index is 2.44. The van der Waals surface area contributed by atoms with Gasteiger partial charge in [-0.05, 0) is 121 Å². The van der Waals surface area contributed by atoms with E-state index in [1.807, 2.05) is 0 Å². The highest BCUT2D eigenvalue weighted by atomic mass is 15.0. The Hall–Kier alpha value is -7.68. The molecule has 0 aliphatic heterocycles. The second-order valence-electron chi connectivity index (χ2n) is 15.7. The molecule has 2 heteroatoms. The van der Waals surface area contributed by atoms with Crippen molar-refractivity contribution in [3.05, 3.63) is 206 Å². The highest BCUT2D eigenvalue weighted by Crippen LogP contribution is 2.50. The van der Waals surface area contributed by atoms with Gasteiger partial charge in [0.1, 0.15) is 0 Å². The van der Waals surface area contributed by atoms with Gasteiger partial charge in [0.05, 0.1) is 27.8 Å². The van der Waals surface area contributed by atoms with Crippen LogP contribution in [0.25, 0.3) is 121 Å². The summed E-state index contributed by atoms with van der Waals surface area (Å²) in [5.74, 6) is 0. The van der Waals surface area contributed by atoms with E-state index in [0.29, 0.717) is 0 Å². The minimum Gasteiger partial charge on any atom is -0.309 e. The third-order valence-corrected chi connectivity index (χ3v) is 12.7. The molecule has 13 rings (SSSR count). The fourth-order valence-corrected chi connectivity index (χ4v) is 10.1. The van der Waals surface area contributed by atoms with Gasteiger partial charge in [-0.3, -0.25) is 0 Å². The molecule has 2 heterocycles. The first-order chi connectivity index (χ1) is 28.8. The first-order valence-electron chi connectivity index (χ1n) is 20.1. The Kier molecular flexibility index (Phi) is 6.47. The monoisotopic (exact) mass is 734 g/mol. The van der Waals surface area contributed by atoms with Gasteiger partial charge < -0.3 is 9.13 Å². The highest BCUT2D eigenvalue weighted by Gasteiger charge is 2.23. The topological polar surface area (TPSA) is 9.86 Å². The molecule has 0 amide bonds. The van der Waals surface area contributed by atoms with Crippen molar-refractivity contribution < 1.29 is 0 Å². The van der Waals surface area contributed by atoms with Crippen LogP contribution in [0.2, 0.25) is 0 Å². The van der Waals surface area contributed by atoms with E-state index >= 15 is 0 Å². The molecule has 268 valence electrons. The SMILES string of the molecule is c1ccc(-n2c3ccc(-c4ccc5c(c4)c4ccccc4n5-c4cccc5ccccc45)cc3c3cc(-c4ccc5c6c(cccc46)-c4ccccc4-5)ccc32)cc1. The van der Waals surface area contributed by atoms with Crippen molar-refractivity contribution in [3.8, 4) is 55.9 Å². The molecule has 10 aromatic carbocycles. The Balaban J connectivity index is 1.02. The standard InChI is InChI=1S/C56H34N2/c1-2-14-39(15-3-1)57-53-29-24-37(36-25-30-55-48(32-36)44-19-8-9-22-52(44)58(55)51-23-10-13-35-12-4-5-16-41(35)51)33-49(53)50-34-38(26-31-54(50)57)40-27-28-47-43-18-7-6-17-42(43)46-21-11-20-45(40)56(46)47/h1-34H.